The Morgan fingerprint density at radius 3 is 2.57 bits per heavy atom. The van der Waals surface area contributed by atoms with E-state index in [0.717, 1.165) is 12.8 Å². The highest BCUT2D eigenvalue weighted by molar-refractivity contribution is 5.85. The Bertz CT molecular complexity index is 334. The molecular weight excluding hydrogens is 203 g/mol. The number of benzene rings is 1. The average Bonchev–Trinajstić information content (AvgIpc) is 2.91. The van der Waals surface area contributed by atoms with Crippen molar-refractivity contribution < 1.29 is 9.18 Å². The van der Waals surface area contributed by atoms with Crippen LogP contribution in [0.25, 0.3) is 0 Å². The standard InChI is InChI=1S/C11H11FO.ClH/c12-10-4-2-1-3-9(10)7-11(13)8-5-6-8;/h1-4,8H,5-7H2;1H. The third-order valence-corrected chi connectivity index (χ3v) is 2.36. The minimum absolute atomic E-state index is 0. The van der Waals surface area contributed by atoms with Crippen LogP contribution in [0.15, 0.2) is 24.3 Å². The molecule has 0 amide bonds. The van der Waals surface area contributed by atoms with Crippen molar-refractivity contribution in [1.82, 2.24) is 0 Å². The zero-order valence-corrected chi connectivity index (χ0v) is 8.52. The smallest absolute Gasteiger partial charge is 0.140 e. The van der Waals surface area contributed by atoms with Crippen molar-refractivity contribution in [3.63, 3.8) is 0 Å². The Morgan fingerprint density at radius 1 is 1.36 bits per heavy atom. The predicted octanol–water partition coefficient (Wildman–Crippen LogP) is 2.77. The molecule has 14 heavy (non-hydrogen) atoms. The second-order valence-electron chi connectivity index (χ2n) is 3.51. The van der Waals surface area contributed by atoms with Crippen LogP contribution in [-0.2, 0) is 11.2 Å². The quantitative estimate of drug-likeness (QED) is 0.756. The van der Waals surface area contributed by atoms with E-state index in [2.05, 4.69) is 0 Å². The highest BCUT2D eigenvalue weighted by Gasteiger charge is 2.29. The van der Waals surface area contributed by atoms with Gasteiger partial charge in [0.25, 0.3) is 0 Å². The van der Waals surface area contributed by atoms with Crippen LogP contribution in [0.2, 0.25) is 0 Å². The molecule has 1 aromatic rings. The van der Waals surface area contributed by atoms with E-state index >= 15 is 0 Å². The van der Waals surface area contributed by atoms with Gasteiger partial charge < -0.3 is 0 Å². The molecule has 0 heterocycles. The van der Waals surface area contributed by atoms with Gasteiger partial charge in [0.2, 0.25) is 0 Å². The second kappa shape index (κ2) is 4.56. The molecule has 0 N–H and O–H groups in total. The molecule has 1 aliphatic rings. The van der Waals surface area contributed by atoms with E-state index < -0.39 is 0 Å². The third kappa shape index (κ3) is 2.55. The van der Waals surface area contributed by atoms with Gasteiger partial charge in [0, 0.05) is 12.3 Å². The van der Waals surface area contributed by atoms with Crippen molar-refractivity contribution in [2.45, 2.75) is 19.3 Å². The molecule has 0 aromatic heterocycles. The summed E-state index contributed by atoms with van der Waals surface area (Å²) in [6.45, 7) is 0. The van der Waals surface area contributed by atoms with Crippen molar-refractivity contribution in [1.29, 1.82) is 0 Å². The number of carbonyl (C=O) groups is 1. The number of carbonyl (C=O) groups excluding carboxylic acids is 1. The molecule has 0 aliphatic heterocycles. The monoisotopic (exact) mass is 214 g/mol. The first-order valence-corrected chi connectivity index (χ1v) is 4.53. The summed E-state index contributed by atoms with van der Waals surface area (Å²) in [6, 6.07) is 6.48. The van der Waals surface area contributed by atoms with Gasteiger partial charge in [-0.3, -0.25) is 4.79 Å². The fraction of sp³-hybridized carbons (Fsp3) is 0.364. The molecule has 0 spiro atoms. The van der Waals surface area contributed by atoms with Crippen LogP contribution in [-0.4, -0.2) is 5.78 Å². The van der Waals surface area contributed by atoms with Gasteiger partial charge in [-0.05, 0) is 24.5 Å². The van der Waals surface area contributed by atoms with E-state index in [9.17, 15) is 9.18 Å². The van der Waals surface area contributed by atoms with E-state index in [1.807, 2.05) is 0 Å². The van der Waals surface area contributed by atoms with Gasteiger partial charge in [-0.25, -0.2) is 4.39 Å². The number of Topliss-reactive ketones (excluding diaryl/α,β-unsaturated/α-hetero) is 1. The molecule has 0 saturated heterocycles. The van der Waals surface area contributed by atoms with Gasteiger partial charge in [-0.15, -0.1) is 12.4 Å². The third-order valence-electron chi connectivity index (χ3n) is 2.36. The largest absolute Gasteiger partial charge is 0.299 e. The van der Waals surface area contributed by atoms with E-state index in [-0.39, 0.29) is 36.3 Å². The van der Waals surface area contributed by atoms with Gasteiger partial charge in [-0.2, -0.15) is 0 Å². The van der Waals surface area contributed by atoms with Crippen LogP contribution in [0.3, 0.4) is 0 Å². The summed E-state index contributed by atoms with van der Waals surface area (Å²) in [4.78, 5) is 11.4. The summed E-state index contributed by atoms with van der Waals surface area (Å²) >= 11 is 0. The lowest BCUT2D eigenvalue weighted by Gasteiger charge is -2.00. The first-order valence-electron chi connectivity index (χ1n) is 4.53. The molecule has 3 heteroatoms. The summed E-state index contributed by atoms with van der Waals surface area (Å²) in [5.74, 6) is 0.140. The van der Waals surface area contributed by atoms with E-state index in [1.165, 1.54) is 6.07 Å². The Labute approximate surface area is 88.7 Å². The van der Waals surface area contributed by atoms with Gasteiger partial charge in [0.1, 0.15) is 11.6 Å². The van der Waals surface area contributed by atoms with Crippen molar-refractivity contribution in [3.8, 4) is 0 Å². The molecule has 0 unspecified atom stereocenters. The Balaban J connectivity index is 0.000000980. The molecule has 1 aliphatic carbocycles. The normalized spacial score (nSPS) is 14.6. The van der Waals surface area contributed by atoms with Crippen LogP contribution >= 0.6 is 12.4 Å². The first kappa shape index (κ1) is 11.2. The van der Waals surface area contributed by atoms with Crippen molar-refractivity contribution >= 4 is 18.2 Å². The Morgan fingerprint density at radius 2 is 2.00 bits per heavy atom. The predicted molar refractivity (Wildman–Crippen MR) is 55.1 cm³/mol. The molecule has 1 aromatic carbocycles. The van der Waals surface area contributed by atoms with Crippen LogP contribution in [0, 0.1) is 11.7 Å². The maximum Gasteiger partial charge on any atom is 0.140 e. The van der Waals surface area contributed by atoms with Gasteiger partial charge >= 0.3 is 0 Å². The molecule has 2 rings (SSSR count). The number of hydrogen-bond acceptors (Lipinski definition) is 1. The lowest BCUT2D eigenvalue weighted by atomic mass is 10.1. The van der Waals surface area contributed by atoms with Gasteiger partial charge in [0.15, 0.2) is 0 Å². The first-order chi connectivity index (χ1) is 6.27. The number of halogens is 2. The summed E-state index contributed by atoms with van der Waals surface area (Å²) < 4.78 is 13.1. The van der Waals surface area contributed by atoms with Crippen LogP contribution < -0.4 is 0 Å². The van der Waals surface area contributed by atoms with E-state index in [4.69, 9.17) is 0 Å². The Kier molecular flexibility index (Phi) is 3.64. The summed E-state index contributed by atoms with van der Waals surface area (Å²) in [7, 11) is 0. The highest BCUT2D eigenvalue weighted by atomic mass is 35.5. The summed E-state index contributed by atoms with van der Waals surface area (Å²) in [6.07, 6.45) is 2.25. The van der Waals surface area contributed by atoms with Crippen LogP contribution in [0.5, 0.6) is 0 Å². The molecule has 76 valence electrons. The molecule has 0 radical (unpaired) electrons. The molecule has 1 saturated carbocycles. The fourth-order valence-electron chi connectivity index (χ4n) is 1.38. The topological polar surface area (TPSA) is 17.1 Å². The lowest BCUT2D eigenvalue weighted by molar-refractivity contribution is -0.119. The average molecular weight is 215 g/mol. The zero-order chi connectivity index (χ0) is 9.26. The molecule has 1 fully saturated rings. The maximum absolute atomic E-state index is 13.1. The van der Waals surface area contributed by atoms with Crippen molar-refractivity contribution in [2.75, 3.05) is 0 Å². The Hall–Kier alpha value is -0.890. The minimum Gasteiger partial charge on any atom is -0.299 e. The van der Waals surface area contributed by atoms with Crippen LogP contribution in [0.1, 0.15) is 18.4 Å². The summed E-state index contributed by atoms with van der Waals surface area (Å²) in [5.41, 5.74) is 0.527. The zero-order valence-electron chi connectivity index (χ0n) is 7.70. The fourth-order valence-corrected chi connectivity index (χ4v) is 1.38. The highest BCUT2D eigenvalue weighted by Crippen LogP contribution is 2.31. The molecule has 0 atom stereocenters. The van der Waals surface area contributed by atoms with Gasteiger partial charge in [-0.1, -0.05) is 18.2 Å². The SMILES string of the molecule is Cl.O=C(Cc1ccccc1F)C1CC1. The number of rotatable bonds is 3. The molecule has 0 bridgehead atoms. The molecule has 1 nitrogen and oxygen atoms in total. The summed E-state index contributed by atoms with van der Waals surface area (Å²) in [5, 5.41) is 0. The van der Waals surface area contributed by atoms with E-state index in [1.54, 1.807) is 18.2 Å². The maximum atomic E-state index is 13.1. The van der Waals surface area contributed by atoms with Crippen molar-refractivity contribution in [3.05, 3.63) is 35.6 Å². The van der Waals surface area contributed by atoms with Crippen molar-refractivity contribution in [2.24, 2.45) is 5.92 Å². The van der Waals surface area contributed by atoms with E-state index in [0.29, 0.717) is 5.56 Å². The lowest BCUT2D eigenvalue weighted by Crippen LogP contribution is -2.05. The van der Waals surface area contributed by atoms with Gasteiger partial charge in [0.05, 0.1) is 0 Å². The van der Waals surface area contributed by atoms with Crippen LogP contribution in [0.4, 0.5) is 4.39 Å². The minimum atomic E-state index is -0.267. The molecular formula is C11H12ClFO. The number of hydrogen-bond donors (Lipinski definition) is 0. The number of ketones is 1. The second-order valence-corrected chi connectivity index (χ2v) is 3.51.